The van der Waals surface area contributed by atoms with Gasteiger partial charge in [0.1, 0.15) is 11.5 Å². The Balaban J connectivity index is 2.08. The third-order valence-corrected chi connectivity index (χ3v) is 3.63. The van der Waals surface area contributed by atoms with Gasteiger partial charge in [-0.3, -0.25) is 4.98 Å². The van der Waals surface area contributed by atoms with Crippen LogP contribution in [0.3, 0.4) is 0 Å². The van der Waals surface area contributed by atoms with E-state index in [1.807, 2.05) is 6.07 Å². The molecule has 3 rings (SSSR count). The van der Waals surface area contributed by atoms with Crippen LogP contribution in [0.1, 0.15) is 15.9 Å². The maximum atomic E-state index is 11.2. The van der Waals surface area contributed by atoms with Gasteiger partial charge in [-0.1, -0.05) is 17.7 Å². The zero-order chi connectivity index (χ0) is 15.7. The first kappa shape index (κ1) is 14.4. The van der Waals surface area contributed by atoms with E-state index in [9.17, 15) is 9.90 Å². The summed E-state index contributed by atoms with van der Waals surface area (Å²) in [5, 5.41) is 10.6. The molecule has 1 heterocycles. The van der Waals surface area contributed by atoms with Gasteiger partial charge in [0.05, 0.1) is 11.1 Å². The highest BCUT2D eigenvalue weighted by Gasteiger charge is 2.12. The van der Waals surface area contributed by atoms with Crippen molar-refractivity contribution in [3.63, 3.8) is 0 Å². The third kappa shape index (κ3) is 2.61. The van der Waals surface area contributed by atoms with Crippen LogP contribution in [0.15, 0.2) is 48.7 Å². The van der Waals surface area contributed by atoms with Gasteiger partial charge in [-0.2, -0.15) is 0 Å². The van der Waals surface area contributed by atoms with Crippen LogP contribution in [-0.4, -0.2) is 16.1 Å². The molecule has 0 aliphatic rings. The van der Waals surface area contributed by atoms with Gasteiger partial charge >= 0.3 is 5.97 Å². The monoisotopic (exact) mass is 313 g/mol. The van der Waals surface area contributed by atoms with E-state index in [1.54, 1.807) is 49.5 Å². The van der Waals surface area contributed by atoms with Gasteiger partial charge in [0.2, 0.25) is 0 Å². The van der Waals surface area contributed by atoms with Crippen molar-refractivity contribution >= 4 is 28.5 Å². The number of aromatic nitrogens is 1. The number of pyridine rings is 1. The van der Waals surface area contributed by atoms with Crippen LogP contribution in [0.2, 0.25) is 5.02 Å². The van der Waals surface area contributed by atoms with Gasteiger partial charge in [0.25, 0.3) is 0 Å². The van der Waals surface area contributed by atoms with Gasteiger partial charge in [0.15, 0.2) is 0 Å². The largest absolute Gasteiger partial charge is 0.478 e. The van der Waals surface area contributed by atoms with Crippen LogP contribution in [0.25, 0.3) is 10.9 Å². The number of aromatic carboxylic acids is 1. The van der Waals surface area contributed by atoms with Crippen LogP contribution >= 0.6 is 11.6 Å². The highest BCUT2D eigenvalue weighted by Crippen LogP contribution is 2.32. The number of fused-ring (bicyclic) bond motifs is 1. The Morgan fingerprint density at radius 3 is 2.77 bits per heavy atom. The molecule has 0 amide bonds. The first-order valence-electron chi connectivity index (χ1n) is 6.61. The van der Waals surface area contributed by atoms with E-state index in [0.29, 0.717) is 22.1 Å². The molecule has 1 N–H and O–H groups in total. The fourth-order valence-corrected chi connectivity index (χ4v) is 2.43. The fraction of sp³-hybridized carbons (Fsp3) is 0.0588. The minimum atomic E-state index is -0.977. The first-order chi connectivity index (χ1) is 10.6. The van der Waals surface area contributed by atoms with Gasteiger partial charge in [0, 0.05) is 22.2 Å². The molecule has 0 spiro atoms. The molecular formula is C17H12ClNO3. The number of carboxylic acid groups (broad SMARTS) is 1. The van der Waals surface area contributed by atoms with Crippen LogP contribution < -0.4 is 4.74 Å². The van der Waals surface area contributed by atoms with Crippen LogP contribution in [0.4, 0.5) is 0 Å². The standard InChI is InChI=1S/C17H12ClNO3/c1-10-12(17(20)21)3-2-4-15(10)22-16-7-8-19-14-9-11(18)5-6-13(14)16/h2-9H,1H3,(H,20,21). The fourth-order valence-electron chi connectivity index (χ4n) is 2.26. The van der Waals surface area contributed by atoms with E-state index in [2.05, 4.69) is 4.98 Å². The minimum absolute atomic E-state index is 0.221. The highest BCUT2D eigenvalue weighted by molar-refractivity contribution is 6.31. The maximum Gasteiger partial charge on any atom is 0.336 e. The second kappa shape index (κ2) is 5.66. The molecule has 110 valence electrons. The number of benzene rings is 2. The van der Waals surface area contributed by atoms with Crippen molar-refractivity contribution in [2.24, 2.45) is 0 Å². The molecule has 0 aliphatic heterocycles. The Morgan fingerprint density at radius 1 is 1.18 bits per heavy atom. The second-order valence-corrected chi connectivity index (χ2v) is 5.24. The number of halogens is 1. The Bertz CT molecular complexity index is 877. The average Bonchev–Trinajstić information content (AvgIpc) is 2.49. The van der Waals surface area contributed by atoms with Gasteiger partial charge < -0.3 is 9.84 Å². The average molecular weight is 314 g/mol. The van der Waals surface area contributed by atoms with Crippen molar-refractivity contribution in [3.8, 4) is 11.5 Å². The highest BCUT2D eigenvalue weighted by atomic mass is 35.5. The Labute approximate surface area is 131 Å². The van der Waals surface area contributed by atoms with Gasteiger partial charge in [-0.15, -0.1) is 0 Å². The van der Waals surface area contributed by atoms with E-state index < -0.39 is 5.97 Å². The lowest BCUT2D eigenvalue weighted by atomic mass is 10.1. The quantitative estimate of drug-likeness (QED) is 0.762. The lowest BCUT2D eigenvalue weighted by molar-refractivity contribution is 0.0695. The normalized spacial score (nSPS) is 10.6. The van der Waals surface area contributed by atoms with Crippen LogP contribution in [-0.2, 0) is 0 Å². The van der Waals surface area contributed by atoms with Crippen molar-refractivity contribution < 1.29 is 14.6 Å². The Morgan fingerprint density at radius 2 is 2.00 bits per heavy atom. The lowest BCUT2D eigenvalue weighted by Crippen LogP contribution is -2.01. The first-order valence-corrected chi connectivity index (χ1v) is 6.99. The predicted octanol–water partition coefficient (Wildman–Crippen LogP) is 4.69. The number of rotatable bonds is 3. The molecule has 0 atom stereocenters. The minimum Gasteiger partial charge on any atom is -0.478 e. The van der Waals surface area contributed by atoms with E-state index in [-0.39, 0.29) is 5.56 Å². The summed E-state index contributed by atoms with van der Waals surface area (Å²) >= 11 is 5.97. The zero-order valence-corrected chi connectivity index (χ0v) is 12.5. The molecule has 0 saturated carbocycles. The summed E-state index contributed by atoms with van der Waals surface area (Å²) < 4.78 is 5.91. The van der Waals surface area contributed by atoms with Crippen molar-refractivity contribution in [3.05, 3.63) is 64.8 Å². The van der Waals surface area contributed by atoms with Crippen LogP contribution in [0.5, 0.6) is 11.5 Å². The summed E-state index contributed by atoms with van der Waals surface area (Å²) in [5.74, 6) is 0.129. The van der Waals surface area contributed by atoms with E-state index in [1.165, 1.54) is 0 Å². The summed E-state index contributed by atoms with van der Waals surface area (Å²) in [6.07, 6.45) is 1.63. The molecule has 0 unspecified atom stereocenters. The Hall–Kier alpha value is -2.59. The van der Waals surface area contributed by atoms with Crippen molar-refractivity contribution in [2.75, 3.05) is 0 Å². The summed E-state index contributed by atoms with van der Waals surface area (Å²) in [6, 6.07) is 12.0. The molecule has 22 heavy (non-hydrogen) atoms. The van der Waals surface area contributed by atoms with Crippen molar-refractivity contribution in [1.29, 1.82) is 0 Å². The second-order valence-electron chi connectivity index (χ2n) is 4.81. The van der Waals surface area contributed by atoms with Crippen molar-refractivity contribution in [1.82, 2.24) is 4.98 Å². The maximum absolute atomic E-state index is 11.2. The summed E-state index contributed by atoms with van der Waals surface area (Å²) in [7, 11) is 0. The molecule has 0 radical (unpaired) electrons. The zero-order valence-electron chi connectivity index (χ0n) is 11.7. The molecule has 0 aliphatic carbocycles. The molecule has 4 nitrogen and oxygen atoms in total. The van der Waals surface area contributed by atoms with Gasteiger partial charge in [-0.25, -0.2) is 4.79 Å². The predicted molar refractivity (Wildman–Crippen MR) is 85.0 cm³/mol. The number of nitrogens with zero attached hydrogens (tertiary/aromatic N) is 1. The molecule has 2 aromatic carbocycles. The topological polar surface area (TPSA) is 59.4 Å². The number of hydrogen-bond donors (Lipinski definition) is 1. The van der Waals surface area contributed by atoms with E-state index in [4.69, 9.17) is 16.3 Å². The summed E-state index contributed by atoms with van der Waals surface area (Å²) in [5.41, 5.74) is 1.52. The third-order valence-electron chi connectivity index (χ3n) is 3.40. The summed E-state index contributed by atoms with van der Waals surface area (Å²) in [4.78, 5) is 15.5. The molecule has 0 bridgehead atoms. The van der Waals surface area contributed by atoms with E-state index in [0.717, 1.165) is 10.9 Å². The van der Waals surface area contributed by atoms with Gasteiger partial charge in [-0.05, 0) is 43.3 Å². The van der Waals surface area contributed by atoms with Crippen LogP contribution in [0, 0.1) is 6.92 Å². The molecule has 1 aromatic heterocycles. The SMILES string of the molecule is Cc1c(Oc2ccnc3cc(Cl)ccc23)cccc1C(=O)O. The molecule has 5 heteroatoms. The lowest BCUT2D eigenvalue weighted by Gasteiger charge is -2.12. The summed E-state index contributed by atoms with van der Waals surface area (Å²) in [6.45, 7) is 1.72. The number of hydrogen-bond acceptors (Lipinski definition) is 3. The smallest absolute Gasteiger partial charge is 0.336 e. The molecule has 0 fully saturated rings. The number of carboxylic acids is 1. The Kier molecular flexibility index (Phi) is 3.69. The molecular weight excluding hydrogens is 302 g/mol. The number of carbonyl (C=O) groups is 1. The molecule has 3 aromatic rings. The van der Waals surface area contributed by atoms with E-state index >= 15 is 0 Å². The molecule has 0 saturated heterocycles. The van der Waals surface area contributed by atoms with Crippen molar-refractivity contribution in [2.45, 2.75) is 6.92 Å². The number of ether oxygens (including phenoxy) is 1.